The molecule has 29 heavy (non-hydrogen) atoms. The first-order valence-electron chi connectivity index (χ1n) is 9.58. The average Bonchev–Trinajstić information content (AvgIpc) is 3.17. The van der Waals surface area contributed by atoms with Crippen molar-refractivity contribution in [2.75, 3.05) is 32.5 Å². The highest BCUT2D eigenvalue weighted by Gasteiger charge is 2.21. The molecule has 0 radical (unpaired) electrons. The van der Waals surface area contributed by atoms with Crippen LogP contribution in [0.4, 0.5) is 5.69 Å². The lowest BCUT2D eigenvalue weighted by molar-refractivity contribution is -0.0328. The van der Waals surface area contributed by atoms with E-state index in [2.05, 4.69) is 30.8 Å². The van der Waals surface area contributed by atoms with Crippen molar-refractivity contribution in [3.8, 4) is 0 Å². The number of nitrogens with zero attached hydrogens (tertiary/aromatic N) is 3. The molecule has 1 aromatic carbocycles. The van der Waals surface area contributed by atoms with E-state index in [4.69, 9.17) is 30.7 Å². The lowest BCUT2D eigenvalue weighted by atomic mass is 9.84. The molecule has 1 saturated heterocycles. The van der Waals surface area contributed by atoms with Gasteiger partial charge in [-0.3, -0.25) is 4.99 Å². The number of aromatic nitrogens is 1. The third-order valence-corrected chi connectivity index (χ3v) is 4.66. The zero-order valence-electron chi connectivity index (χ0n) is 17.7. The molecule has 0 spiro atoms. The van der Waals surface area contributed by atoms with Gasteiger partial charge >= 0.3 is 0 Å². The molecule has 0 aliphatic carbocycles. The molecule has 1 aliphatic rings. The molecule has 2 heterocycles. The Labute approximate surface area is 171 Å². The molecule has 156 valence electrons. The Bertz CT molecular complexity index is 957. The van der Waals surface area contributed by atoms with Gasteiger partial charge in [0.05, 0.1) is 25.3 Å². The van der Waals surface area contributed by atoms with Crippen LogP contribution in [0.15, 0.2) is 28.2 Å². The van der Waals surface area contributed by atoms with E-state index in [-0.39, 0.29) is 24.3 Å². The predicted octanol–water partition coefficient (Wildman–Crippen LogP) is 2.50. The van der Waals surface area contributed by atoms with Crippen LogP contribution >= 0.6 is 0 Å². The number of anilines is 1. The highest BCUT2D eigenvalue weighted by atomic mass is 16.7. The van der Waals surface area contributed by atoms with Crippen LogP contribution in [0.1, 0.15) is 37.6 Å². The van der Waals surface area contributed by atoms with Crippen LogP contribution < -0.4 is 11.5 Å². The van der Waals surface area contributed by atoms with Crippen LogP contribution in [0, 0.1) is 6.92 Å². The second-order valence-electron chi connectivity index (χ2n) is 8.02. The summed E-state index contributed by atoms with van der Waals surface area (Å²) in [6.45, 7) is 9.79. The number of nitrogen functional groups attached to an aromatic ring is 1. The minimum absolute atomic E-state index is 0.0161. The summed E-state index contributed by atoms with van der Waals surface area (Å²) in [5.41, 5.74) is 16.2. The van der Waals surface area contributed by atoms with Crippen LogP contribution in [0.2, 0.25) is 0 Å². The number of benzene rings is 1. The molecule has 3 rings (SSSR count). The number of hydrogen-bond donors (Lipinski definition) is 2. The molecule has 0 atom stereocenters. The van der Waals surface area contributed by atoms with Crippen LogP contribution in [0.3, 0.4) is 0 Å². The number of aryl methyl sites for hydroxylation is 1. The van der Waals surface area contributed by atoms with Gasteiger partial charge in [0, 0.05) is 18.1 Å². The molecular formula is C21H29N5O3. The maximum Gasteiger partial charge on any atom is 0.289 e. The number of aliphatic imine (C=N–C) groups is 2. The SMILES string of the molecule is CN=C(OC(N)=NCC1OCCO1)c1cc(C)c2cc(N)cc(C(C)(C)C)c2n1. The van der Waals surface area contributed by atoms with Crippen molar-refractivity contribution in [3.05, 3.63) is 35.0 Å². The first-order valence-corrected chi connectivity index (χ1v) is 9.58. The van der Waals surface area contributed by atoms with Gasteiger partial charge in [-0.2, -0.15) is 0 Å². The summed E-state index contributed by atoms with van der Waals surface area (Å²) in [5, 5.41) is 1.01. The number of ether oxygens (including phenoxy) is 3. The topological polar surface area (TPSA) is 117 Å². The summed E-state index contributed by atoms with van der Waals surface area (Å²) >= 11 is 0. The second-order valence-corrected chi connectivity index (χ2v) is 8.02. The quantitative estimate of drug-likeness (QED) is 0.465. The van der Waals surface area contributed by atoms with Crippen LogP contribution in [-0.4, -0.2) is 50.0 Å². The normalized spacial score (nSPS) is 16.6. The highest BCUT2D eigenvalue weighted by Crippen LogP contribution is 2.33. The van der Waals surface area contributed by atoms with E-state index >= 15 is 0 Å². The van der Waals surface area contributed by atoms with E-state index in [1.807, 2.05) is 25.1 Å². The monoisotopic (exact) mass is 399 g/mol. The summed E-state index contributed by atoms with van der Waals surface area (Å²) in [7, 11) is 1.63. The van der Waals surface area contributed by atoms with Crippen molar-refractivity contribution in [1.29, 1.82) is 0 Å². The zero-order chi connectivity index (χ0) is 21.2. The Morgan fingerprint density at radius 1 is 1.24 bits per heavy atom. The van der Waals surface area contributed by atoms with Gasteiger partial charge in [0.25, 0.3) is 6.02 Å². The zero-order valence-corrected chi connectivity index (χ0v) is 17.7. The van der Waals surface area contributed by atoms with E-state index in [0.717, 1.165) is 22.0 Å². The molecular weight excluding hydrogens is 370 g/mol. The van der Waals surface area contributed by atoms with Gasteiger partial charge in [0.15, 0.2) is 6.29 Å². The number of pyridine rings is 1. The van der Waals surface area contributed by atoms with Gasteiger partial charge < -0.3 is 25.7 Å². The van der Waals surface area contributed by atoms with Crippen LogP contribution in [-0.2, 0) is 19.6 Å². The standard InChI is InChI=1S/C21H29N5O3/c1-12-8-16(19(24-5)29-20(23)25-11-17-27-6-7-28-17)26-18-14(12)9-13(22)10-15(18)21(2,3)4/h8-10,17H,6-7,11,22H2,1-5H3,(H2,23,25). The van der Waals surface area contributed by atoms with Gasteiger partial charge in [-0.05, 0) is 41.7 Å². The number of amidine groups is 1. The van der Waals surface area contributed by atoms with Crippen LogP contribution in [0.25, 0.3) is 10.9 Å². The summed E-state index contributed by atoms with van der Waals surface area (Å²) in [6, 6.07) is 5.81. The van der Waals surface area contributed by atoms with E-state index in [0.29, 0.717) is 30.5 Å². The Morgan fingerprint density at radius 3 is 2.55 bits per heavy atom. The molecule has 0 amide bonds. The third-order valence-electron chi connectivity index (χ3n) is 4.66. The Kier molecular flexibility index (Phi) is 6.04. The molecule has 0 bridgehead atoms. The van der Waals surface area contributed by atoms with Crippen molar-refractivity contribution >= 4 is 28.5 Å². The van der Waals surface area contributed by atoms with Crippen molar-refractivity contribution in [1.82, 2.24) is 4.98 Å². The molecule has 8 nitrogen and oxygen atoms in total. The molecule has 2 aromatic rings. The fraction of sp³-hybridized carbons (Fsp3) is 0.476. The van der Waals surface area contributed by atoms with E-state index < -0.39 is 0 Å². The van der Waals surface area contributed by atoms with Crippen molar-refractivity contribution in [2.24, 2.45) is 15.7 Å². The lowest BCUT2D eigenvalue weighted by Crippen LogP contribution is -2.25. The maximum atomic E-state index is 6.14. The van der Waals surface area contributed by atoms with Gasteiger partial charge in [-0.15, -0.1) is 0 Å². The summed E-state index contributed by atoms with van der Waals surface area (Å²) in [4.78, 5) is 13.2. The molecule has 1 fully saturated rings. The fourth-order valence-corrected chi connectivity index (χ4v) is 3.22. The Morgan fingerprint density at radius 2 is 1.93 bits per heavy atom. The Balaban J connectivity index is 1.95. The molecule has 1 aromatic heterocycles. The Hall–Kier alpha value is -2.71. The molecule has 1 aliphatic heterocycles. The summed E-state index contributed by atoms with van der Waals surface area (Å²) in [6.07, 6.45) is -0.389. The average molecular weight is 399 g/mol. The minimum atomic E-state index is -0.389. The van der Waals surface area contributed by atoms with Crippen molar-refractivity contribution in [2.45, 2.75) is 39.4 Å². The van der Waals surface area contributed by atoms with Gasteiger partial charge in [0.1, 0.15) is 5.69 Å². The molecule has 8 heteroatoms. The largest absolute Gasteiger partial charge is 0.405 e. The third kappa shape index (κ3) is 4.83. The van der Waals surface area contributed by atoms with Crippen LogP contribution in [0.5, 0.6) is 0 Å². The van der Waals surface area contributed by atoms with Gasteiger partial charge in [-0.25, -0.2) is 9.98 Å². The maximum absolute atomic E-state index is 6.14. The number of fused-ring (bicyclic) bond motifs is 1. The summed E-state index contributed by atoms with van der Waals surface area (Å²) in [5.74, 6) is 0.293. The number of hydrogen-bond acceptors (Lipinski definition) is 7. The first kappa shape index (κ1) is 21.0. The van der Waals surface area contributed by atoms with Gasteiger partial charge in [-0.1, -0.05) is 20.8 Å². The minimum Gasteiger partial charge on any atom is -0.405 e. The molecule has 0 unspecified atom stereocenters. The van der Waals surface area contributed by atoms with E-state index in [1.54, 1.807) is 7.05 Å². The van der Waals surface area contributed by atoms with E-state index in [1.165, 1.54) is 0 Å². The lowest BCUT2D eigenvalue weighted by Gasteiger charge is -2.22. The molecule has 4 N–H and O–H groups in total. The summed E-state index contributed by atoms with van der Waals surface area (Å²) < 4.78 is 16.4. The fourth-order valence-electron chi connectivity index (χ4n) is 3.22. The van der Waals surface area contributed by atoms with Crippen molar-refractivity contribution in [3.63, 3.8) is 0 Å². The second kappa shape index (κ2) is 8.34. The number of nitrogens with two attached hydrogens (primary N) is 2. The first-order chi connectivity index (χ1) is 13.7. The van der Waals surface area contributed by atoms with Gasteiger partial charge in [0.2, 0.25) is 5.90 Å². The van der Waals surface area contributed by atoms with Crippen molar-refractivity contribution < 1.29 is 14.2 Å². The van der Waals surface area contributed by atoms with E-state index in [9.17, 15) is 0 Å². The molecule has 0 saturated carbocycles. The number of rotatable bonds is 3. The smallest absolute Gasteiger partial charge is 0.289 e. The highest BCUT2D eigenvalue weighted by molar-refractivity contribution is 6.02. The predicted molar refractivity (Wildman–Crippen MR) is 115 cm³/mol.